The highest BCUT2D eigenvalue weighted by Gasteiger charge is 2.37. The van der Waals surface area contributed by atoms with Crippen LogP contribution in [0.25, 0.3) is 6.08 Å². The summed E-state index contributed by atoms with van der Waals surface area (Å²) >= 11 is 0. The molecule has 0 unspecified atom stereocenters. The van der Waals surface area contributed by atoms with E-state index >= 15 is 0 Å². The number of ether oxygens (including phenoxy) is 2. The fraction of sp³-hybridized carbons (Fsp3) is 0.148. The van der Waals surface area contributed by atoms with Crippen LogP contribution in [-0.2, 0) is 16.2 Å². The summed E-state index contributed by atoms with van der Waals surface area (Å²) in [4.78, 5) is 49.0. The monoisotopic (exact) mass is 501 g/mol. The Kier molecular flexibility index (Phi) is 7.01. The standard InChI is InChI=1S/C27H23N3O7/c1-16-10-17(2)12-19(11-16)15-37-23-9-4-18(14-24(23)36-3)13-22-25(31)28-27(33)29(26(22)32)20-5-7-21(8-6-20)30(34)35/h4-14H,15H2,1-3H3,(H,28,31,33)/b22-13+. The van der Waals surface area contributed by atoms with Crippen molar-refractivity contribution in [3.63, 3.8) is 0 Å². The molecule has 0 atom stereocenters. The van der Waals surface area contributed by atoms with Gasteiger partial charge in [-0.05, 0) is 55.3 Å². The van der Waals surface area contributed by atoms with Crippen LogP contribution in [0.4, 0.5) is 16.2 Å². The molecule has 37 heavy (non-hydrogen) atoms. The zero-order valence-electron chi connectivity index (χ0n) is 20.3. The number of non-ortho nitro benzene ring substituents is 1. The van der Waals surface area contributed by atoms with E-state index in [0.717, 1.165) is 33.7 Å². The third-order valence-electron chi connectivity index (χ3n) is 5.59. The van der Waals surface area contributed by atoms with Gasteiger partial charge in [0.15, 0.2) is 11.5 Å². The van der Waals surface area contributed by atoms with Crippen LogP contribution in [0.1, 0.15) is 22.3 Å². The average molecular weight is 501 g/mol. The second-order valence-corrected chi connectivity index (χ2v) is 8.43. The van der Waals surface area contributed by atoms with Crippen LogP contribution in [0.5, 0.6) is 11.5 Å². The molecule has 1 N–H and O–H groups in total. The van der Waals surface area contributed by atoms with Gasteiger partial charge in [-0.2, -0.15) is 0 Å². The molecule has 188 valence electrons. The minimum atomic E-state index is -0.950. The van der Waals surface area contributed by atoms with Crippen molar-refractivity contribution < 1.29 is 28.8 Å². The Morgan fingerprint density at radius 2 is 1.62 bits per heavy atom. The van der Waals surface area contributed by atoms with Crippen molar-refractivity contribution in [2.75, 3.05) is 12.0 Å². The van der Waals surface area contributed by atoms with Gasteiger partial charge >= 0.3 is 6.03 Å². The highest BCUT2D eigenvalue weighted by Crippen LogP contribution is 2.31. The number of hydrogen-bond acceptors (Lipinski definition) is 7. The Hall–Kier alpha value is -4.99. The molecule has 0 aliphatic carbocycles. The van der Waals surface area contributed by atoms with Crippen molar-refractivity contribution in [2.24, 2.45) is 0 Å². The fourth-order valence-electron chi connectivity index (χ4n) is 3.99. The zero-order chi connectivity index (χ0) is 26.7. The first-order chi connectivity index (χ1) is 17.7. The highest BCUT2D eigenvalue weighted by atomic mass is 16.6. The van der Waals surface area contributed by atoms with Crippen LogP contribution in [0, 0.1) is 24.0 Å². The van der Waals surface area contributed by atoms with Crippen molar-refractivity contribution in [1.29, 1.82) is 0 Å². The fourth-order valence-corrected chi connectivity index (χ4v) is 3.99. The summed E-state index contributed by atoms with van der Waals surface area (Å²) in [5.74, 6) is -0.851. The maximum Gasteiger partial charge on any atom is 0.335 e. The summed E-state index contributed by atoms with van der Waals surface area (Å²) in [6.45, 7) is 4.35. The predicted molar refractivity (Wildman–Crippen MR) is 135 cm³/mol. The summed E-state index contributed by atoms with van der Waals surface area (Å²) in [6.07, 6.45) is 1.33. The van der Waals surface area contributed by atoms with Crippen molar-refractivity contribution in [2.45, 2.75) is 20.5 Å². The molecule has 0 bridgehead atoms. The van der Waals surface area contributed by atoms with E-state index in [4.69, 9.17) is 9.47 Å². The lowest BCUT2D eigenvalue weighted by Crippen LogP contribution is -2.54. The number of nitrogens with one attached hydrogen (secondary N) is 1. The maximum absolute atomic E-state index is 13.1. The van der Waals surface area contributed by atoms with E-state index in [1.54, 1.807) is 18.2 Å². The van der Waals surface area contributed by atoms with Gasteiger partial charge in [-0.3, -0.25) is 25.0 Å². The second kappa shape index (κ2) is 10.3. The molecule has 10 heteroatoms. The van der Waals surface area contributed by atoms with E-state index in [2.05, 4.69) is 11.4 Å². The van der Waals surface area contributed by atoms with Gasteiger partial charge in [-0.15, -0.1) is 0 Å². The second-order valence-electron chi connectivity index (χ2n) is 8.43. The maximum atomic E-state index is 13.1. The number of carbonyl (C=O) groups is 3. The number of urea groups is 1. The van der Waals surface area contributed by atoms with Gasteiger partial charge in [0.1, 0.15) is 12.2 Å². The Morgan fingerprint density at radius 3 is 2.24 bits per heavy atom. The van der Waals surface area contributed by atoms with Crippen LogP contribution in [-0.4, -0.2) is 29.9 Å². The molecule has 4 amide bonds. The minimum absolute atomic E-state index is 0.0826. The molecule has 0 saturated carbocycles. The van der Waals surface area contributed by atoms with E-state index in [1.165, 1.54) is 25.3 Å². The van der Waals surface area contributed by atoms with Gasteiger partial charge in [-0.25, -0.2) is 9.69 Å². The molecule has 0 spiro atoms. The van der Waals surface area contributed by atoms with Crippen molar-refractivity contribution in [3.8, 4) is 11.5 Å². The molecule has 1 saturated heterocycles. The van der Waals surface area contributed by atoms with Crippen LogP contribution >= 0.6 is 0 Å². The number of aryl methyl sites for hydroxylation is 2. The SMILES string of the molecule is COc1cc(/C=C2\C(=O)NC(=O)N(c3ccc([N+](=O)[O-])cc3)C2=O)ccc1OCc1cc(C)cc(C)c1. The summed E-state index contributed by atoms with van der Waals surface area (Å²) in [5, 5.41) is 13.0. The molecular weight excluding hydrogens is 478 g/mol. The Labute approximate surface area is 212 Å². The molecule has 4 rings (SSSR count). The predicted octanol–water partition coefficient (Wildman–Crippen LogP) is 4.47. The number of carbonyl (C=O) groups excluding carboxylic acids is 3. The summed E-state index contributed by atoms with van der Waals surface area (Å²) in [6, 6.07) is 15.0. The minimum Gasteiger partial charge on any atom is -0.493 e. The first kappa shape index (κ1) is 25.1. The topological polar surface area (TPSA) is 128 Å². The smallest absolute Gasteiger partial charge is 0.335 e. The molecule has 1 fully saturated rings. The molecular formula is C27H23N3O7. The van der Waals surface area contributed by atoms with E-state index in [-0.39, 0.29) is 16.9 Å². The highest BCUT2D eigenvalue weighted by molar-refractivity contribution is 6.39. The lowest BCUT2D eigenvalue weighted by Gasteiger charge is -2.26. The summed E-state index contributed by atoms with van der Waals surface area (Å²) in [7, 11) is 1.48. The number of nitrogens with zero attached hydrogens (tertiary/aromatic N) is 2. The Morgan fingerprint density at radius 1 is 0.946 bits per heavy atom. The number of benzene rings is 3. The number of amides is 4. The van der Waals surface area contributed by atoms with Crippen molar-refractivity contribution >= 4 is 35.3 Å². The van der Waals surface area contributed by atoms with Crippen LogP contribution in [0.3, 0.4) is 0 Å². The van der Waals surface area contributed by atoms with Gasteiger partial charge in [0.05, 0.1) is 17.7 Å². The van der Waals surface area contributed by atoms with E-state index in [0.29, 0.717) is 23.7 Å². The number of methoxy groups -OCH3 is 1. The molecule has 3 aromatic rings. The van der Waals surface area contributed by atoms with Gasteiger partial charge in [0.2, 0.25) is 0 Å². The number of nitro groups is 1. The number of imide groups is 2. The number of anilines is 1. The number of hydrogen-bond donors (Lipinski definition) is 1. The molecule has 0 aromatic heterocycles. The Bertz CT molecular complexity index is 1420. The lowest BCUT2D eigenvalue weighted by molar-refractivity contribution is -0.384. The quantitative estimate of drug-likeness (QED) is 0.219. The van der Waals surface area contributed by atoms with Crippen molar-refractivity contribution in [3.05, 3.63) is 98.6 Å². The van der Waals surface area contributed by atoms with Gasteiger partial charge < -0.3 is 9.47 Å². The van der Waals surface area contributed by atoms with Crippen LogP contribution in [0.15, 0.2) is 66.2 Å². The molecule has 10 nitrogen and oxygen atoms in total. The third kappa shape index (κ3) is 5.48. The number of nitro benzene ring substituents is 1. The molecule has 1 aliphatic heterocycles. The third-order valence-corrected chi connectivity index (χ3v) is 5.59. The first-order valence-electron chi connectivity index (χ1n) is 11.2. The zero-order valence-corrected chi connectivity index (χ0v) is 20.3. The molecule has 3 aromatic carbocycles. The van der Waals surface area contributed by atoms with Gasteiger partial charge in [0.25, 0.3) is 17.5 Å². The normalized spacial score (nSPS) is 14.5. The number of barbiturate groups is 1. The van der Waals surface area contributed by atoms with Gasteiger partial charge in [0, 0.05) is 12.1 Å². The largest absolute Gasteiger partial charge is 0.493 e. The van der Waals surface area contributed by atoms with Gasteiger partial charge in [-0.1, -0.05) is 35.4 Å². The van der Waals surface area contributed by atoms with Crippen LogP contribution in [0.2, 0.25) is 0 Å². The van der Waals surface area contributed by atoms with Crippen molar-refractivity contribution in [1.82, 2.24) is 5.32 Å². The average Bonchev–Trinajstić information content (AvgIpc) is 2.85. The first-order valence-corrected chi connectivity index (χ1v) is 11.2. The molecule has 1 aliphatic rings. The van der Waals surface area contributed by atoms with E-state index in [9.17, 15) is 24.5 Å². The lowest BCUT2D eigenvalue weighted by atomic mass is 10.1. The van der Waals surface area contributed by atoms with Crippen LogP contribution < -0.4 is 19.7 Å². The van der Waals surface area contributed by atoms with E-state index in [1.807, 2.05) is 26.0 Å². The van der Waals surface area contributed by atoms with E-state index < -0.39 is 22.8 Å². The number of rotatable bonds is 7. The molecule has 0 radical (unpaired) electrons. The summed E-state index contributed by atoms with van der Waals surface area (Å²) < 4.78 is 11.4. The summed E-state index contributed by atoms with van der Waals surface area (Å²) in [5.41, 5.74) is 3.32. The molecule has 1 heterocycles. The Balaban J connectivity index is 1.58.